The lowest BCUT2D eigenvalue weighted by Crippen LogP contribution is -2.40. The number of aryl methyl sites for hydroxylation is 1. The Bertz CT molecular complexity index is 1570. The van der Waals surface area contributed by atoms with E-state index in [0.717, 1.165) is 28.0 Å². The molecule has 1 atom stereocenters. The third-order valence-electron chi connectivity index (χ3n) is 6.96. The van der Waals surface area contributed by atoms with Crippen molar-refractivity contribution in [3.8, 4) is 5.75 Å². The number of esters is 1. The highest BCUT2D eigenvalue weighted by Crippen LogP contribution is 2.32. The standard InChI is InChI=1S/C31H36N2O4S/c1-9-37-30(35)27-20(7)32-31-33(28(27)22-12-10-21(11-13-22)17(2)3)29(34)26(38-31)16-23-15-24(18(4)5)25(36-8)14-19(23)6/h10-18,28H,9H2,1-8H3. The molecule has 1 unspecified atom stereocenters. The molecule has 3 aromatic rings. The Balaban J connectivity index is 1.94. The lowest BCUT2D eigenvalue weighted by molar-refractivity contribution is -0.139. The van der Waals surface area contributed by atoms with E-state index in [1.54, 1.807) is 25.5 Å². The summed E-state index contributed by atoms with van der Waals surface area (Å²) in [6, 6.07) is 11.6. The summed E-state index contributed by atoms with van der Waals surface area (Å²) < 4.78 is 13.2. The van der Waals surface area contributed by atoms with E-state index >= 15 is 0 Å². The number of aromatic nitrogens is 1. The van der Waals surface area contributed by atoms with E-state index in [2.05, 4.69) is 45.9 Å². The van der Waals surface area contributed by atoms with Crippen molar-refractivity contribution in [2.75, 3.05) is 13.7 Å². The Hall–Kier alpha value is -3.45. The van der Waals surface area contributed by atoms with Gasteiger partial charge in [-0.3, -0.25) is 9.36 Å². The van der Waals surface area contributed by atoms with E-state index < -0.39 is 12.0 Å². The summed E-state index contributed by atoms with van der Waals surface area (Å²) in [4.78, 5) is 32.3. The summed E-state index contributed by atoms with van der Waals surface area (Å²) in [7, 11) is 1.68. The van der Waals surface area contributed by atoms with Gasteiger partial charge in [0.15, 0.2) is 4.80 Å². The quantitative estimate of drug-likeness (QED) is 0.384. The van der Waals surface area contributed by atoms with Gasteiger partial charge in [0, 0.05) is 0 Å². The average molecular weight is 533 g/mol. The second-order valence-electron chi connectivity index (χ2n) is 10.2. The van der Waals surface area contributed by atoms with Crippen LogP contribution in [0, 0.1) is 6.92 Å². The normalized spacial score (nSPS) is 15.6. The number of thiazole rings is 1. The molecule has 2 aromatic carbocycles. The minimum atomic E-state index is -0.614. The van der Waals surface area contributed by atoms with Crippen molar-refractivity contribution in [1.29, 1.82) is 0 Å². The highest BCUT2D eigenvalue weighted by Gasteiger charge is 2.33. The first-order valence-electron chi connectivity index (χ1n) is 13.0. The van der Waals surface area contributed by atoms with Crippen LogP contribution in [0.2, 0.25) is 0 Å². The number of rotatable bonds is 7. The van der Waals surface area contributed by atoms with Crippen molar-refractivity contribution < 1.29 is 14.3 Å². The molecule has 0 spiro atoms. The van der Waals surface area contributed by atoms with Crippen LogP contribution >= 0.6 is 11.3 Å². The SMILES string of the molecule is CCOC(=O)C1=C(C)N=c2sc(=Cc3cc(C(C)C)c(OC)cc3C)c(=O)n2C1c1ccc(C(C)C)cc1. The topological polar surface area (TPSA) is 69.9 Å². The van der Waals surface area contributed by atoms with Crippen molar-refractivity contribution in [3.63, 3.8) is 0 Å². The van der Waals surface area contributed by atoms with Gasteiger partial charge in [-0.25, -0.2) is 9.79 Å². The minimum Gasteiger partial charge on any atom is -0.496 e. The highest BCUT2D eigenvalue weighted by molar-refractivity contribution is 7.07. The number of carbonyl (C=O) groups is 1. The largest absolute Gasteiger partial charge is 0.496 e. The summed E-state index contributed by atoms with van der Waals surface area (Å²) in [5.41, 5.74) is 5.88. The molecule has 1 aromatic heterocycles. The van der Waals surface area contributed by atoms with Gasteiger partial charge >= 0.3 is 5.97 Å². The molecule has 0 saturated heterocycles. The van der Waals surface area contributed by atoms with E-state index in [-0.39, 0.29) is 18.1 Å². The van der Waals surface area contributed by atoms with E-state index in [1.165, 1.54) is 16.9 Å². The van der Waals surface area contributed by atoms with Crippen LogP contribution in [0.1, 0.15) is 87.2 Å². The minimum absolute atomic E-state index is 0.178. The number of carbonyl (C=O) groups excluding carboxylic acids is 1. The van der Waals surface area contributed by atoms with Crippen LogP contribution in [0.15, 0.2) is 57.5 Å². The van der Waals surface area contributed by atoms with E-state index in [4.69, 9.17) is 14.5 Å². The molecule has 1 aliphatic rings. The number of allylic oxidation sites excluding steroid dienone is 1. The Morgan fingerprint density at radius 3 is 2.37 bits per heavy atom. The fraction of sp³-hybridized carbons (Fsp3) is 0.387. The number of benzene rings is 2. The summed E-state index contributed by atoms with van der Waals surface area (Å²) in [5, 5.41) is 0. The van der Waals surface area contributed by atoms with Crippen LogP contribution < -0.4 is 19.6 Å². The van der Waals surface area contributed by atoms with E-state index in [9.17, 15) is 9.59 Å². The molecule has 2 heterocycles. The maximum absolute atomic E-state index is 13.9. The predicted octanol–water partition coefficient (Wildman–Crippen LogP) is 5.36. The zero-order valence-electron chi connectivity index (χ0n) is 23.4. The van der Waals surface area contributed by atoms with Gasteiger partial charge in [0.05, 0.1) is 35.6 Å². The molecule has 0 N–H and O–H groups in total. The number of fused-ring (bicyclic) bond motifs is 1. The molecular weight excluding hydrogens is 496 g/mol. The van der Waals surface area contributed by atoms with Crippen LogP contribution in [0.3, 0.4) is 0 Å². The fourth-order valence-electron chi connectivity index (χ4n) is 4.81. The Morgan fingerprint density at radius 1 is 1.11 bits per heavy atom. The van der Waals surface area contributed by atoms with E-state index in [0.29, 0.717) is 26.5 Å². The number of methoxy groups -OCH3 is 1. The molecule has 200 valence electrons. The monoisotopic (exact) mass is 532 g/mol. The van der Waals surface area contributed by atoms with Crippen LogP contribution in [0.25, 0.3) is 6.08 Å². The van der Waals surface area contributed by atoms with Gasteiger partial charge in [-0.15, -0.1) is 0 Å². The molecular formula is C31H36N2O4S. The second kappa shape index (κ2) is 11.1. The summed E-state index contributed by atoms with van der Waals surface area (Å²) >= 11 is 1.34. The molecule has 0 aliphatic carbocycles. The molecule has 0 saturated carbocycles. The zero-order chi connectivity index (χ0) is 27.7. The lowest BCUT2D eigenvalue weighted by Gasteiger charge is -2.25. The van der Waals surface area contributed by atoms with Gasteiger partial charge in [-0.2, -0.15) is 0 Å². The maximum atomic E-state index is 13.9. The van der Waals surface area contributed by atoms with Crippen molar-refractivity contribution in [2.45, 2.75) is 66.3 Å². The number of nitrogens with zero attached hydrogens (tertiary/aromatic N) is 2. The van der Waals surface area contributed by atoms with Crippen LogP contribution in [-0.4, -0.2) is 24.3 Å². The predicted molar refractivity (Wildman–Crippen MR) is 153 cm³/mol. The molecule has 0 radical (unpaired) electrons. The zero-order valence-corrected chi connectivity index (χ0v) is 24.2. The molecule has 7 heteroatoms. The van der Waals surface area contributed by atoms with Gasteiger partial charge < -0.3 is 9.47 Å². The Kier molecular flexibility index (Phi) is 8.07. The summed E-state index contributed by atoms with van der Waals surface area (Å²) in [6.45, 7) is 14.4. The molecule has 1 aliphatic heterocycles. The summed E-state index contributed by atoms with van der Waals surface area (Å²) in [6.07, 6.45) is 1.92. The smallest absolute Gasteiger partial charge is 0.338 e. The lowest BCUT2D eigenvalue weighted by atomic mass is 9.93. The average Bonchev–Trinajstić information content (AvgIpc) is 3.18. The van der Waals surface area contributed by atoms with Crippen LogP contribution in [-0.2, 0) is 9.53 Å². The third-order valence-corrected chi connectivity index (χ3v) is 7.95. The van der Waals surface area contributed by atoms with Crippen molar-refractivity contribution in [2.24, 2.45) is 4.99 Å². The number of hydrogen-bond donors (Lipinski definition) is 0. The van der Waals surface area contributed by atoms with Gasteiger partial charge in [0.1, 0.15) is 5.75 Å². The second-order valence-corrected chi connectivity index (χ2v) is 11.2. The molecule has 0 bridgehead atoms. The van der Waals surface area contributed by atoms with E-state index in [1.807, 2.05) is 31.2 Å². The first-order chi connectivity index (χ1) is 18.1. The van der Waals surface area contributed by atoms with Crippen molar-refractivity contribution in [3.05, 3.63) is 95.2 Å². The maximum Gasteiger partial charge on any atom is 0.338 e. The molecule has 6 nitrogen and oxygen atoms in total. The number of hydrogen-bond acceptors (Lipinski definition) is 6. The first-order valence-corrected chi connectivity index (χ1v) is 13.9. The van der Waals surface area contributed by atoms with Gasteiger partial charge in [0.2, 0.25) is 0 Å². The fourth-order valence-corrected chi connectivity index (χ4v) is 5.85. The van der Waals surface area contributed by atoms with Crippen LogP contribution in [0.4, 0.5) is 0 Å². The number of ether oxygens (including phenoxy) is 2. The van der Waals surface area contributed by atoms with Crippen LogP contribution in [0.5, 0.6) is 5.75 Å². The molecule has 0 amide bonds. The van der Waals surface area contributed by atoms with Gasteiger partial charge in [-0.05, 0) is 78.6 Å². The highest BCUT2D eigenvalue weighted by atomic mass is 32.1. The van der Waals surface area contributed by atoms with Crippen molar-refractivity contribution in [1.82, 2.24) is 4.57 Å². The Labute approximate surface area is 228 Å². The van der Waals surface area contributed by atoms with Gasteiger partial charge in [-0.1, -0.05) is 63.3 Å². The Morgan fingerprint density at radius 2 is 1.79 bits per heavy atom. The van der Waals surface area contributed by atoms with Gasteiger partial charge in [0.25, 0.3) is 5.56 Å². The first kappa shape index (κ1) is 27.6. The van der Waals surface area contributed by atoms with Crippen molar-refractivity contribution >= 4 is 23.4 Å². The molecule has 38 heavy (non-hydrogen) atoms. The molecule has 4 rings (SSSR count). The summed E-state index contributed by atoms with van der Waals surface area (Å²) in [5.74, 6) is 1.03. The third kappa shape index (κ3) is 5.12. The molecule has 0 fully saturated rings.